The smallest absolute Gasteiger partial charge is 0.250 e. The summed E-state index contributed by atoms with van der Waals surface area (Å²) < 4.78 is 34.0. The topological polar surface area (TPSA) is 97.4 Å². The molecule has 0 fully saturated rings. The third-order valence-electron chi connectivity index (χ3n) is 3.89. The molecule has 0 aliphatic carbocycles. The Morgan fingerprint density at radius 1 is 1.29 bits per heavy atom. The van der Waals surface area contributed by atoms with Crippen molar-refractivity contribution in [1.29, 1.82) is 0 Å². The molecule has 7 nitrogen and oxygen atoms in total. The number of carbonyl (C=O) groups is 1. The van der Waals surface area contributed by atoms with Gasteiger partial charge >= 0.3 is 0 Å². The molecule has 0 radical (unpaired) electrons. The molecule has 2 aromatic heterocycles. The van der Waals surface area contributed by atoms with E-state index in [0.717, 1.165) is 27.3 Å². The number of hydrogen-bond donors (Lipinski definition) is 2. The zero-order valence-electron chi connectivity index (χ0n) is 15.6. The van der Waals surface area contributed by atoms with Crippen LogP contribution in [0.15, 0.2) is 39.9 Å². The summed E-state index contributed by atoms with van der Waals surface area (Å²) >= 11 is 2.42. The third-order valence-corrected chi connectivity index (χ3v) is 7.66. The number of thiazole rings is 1. The third kappa shape index (κ3) is 4.69. The predicted octanol–water partition coefficient (Wildman–Crippen LogP) is 3.70. The summed E-state index contributed by atoms with van der Waals surface area (Å²) in [6.45, 7) is 6.04. The Morgan fingerprint density at radius 2 is 2.07 bits per heavy atom. The molecule has 28 heavy (non-hydrogen) atoms. The highest BCUT2D eigenvalue weighted by Gasteiger charge is 2.29. The summed E-state index contributed by atoms with van der Waals surface area (Å²) in [5, 5.41) is 4.83. The molecule has 0 saturated carbocycles. The van der Waals surface area contributed by atoms with Crippen LogP contribution in [0.2, 0.25) is 0 Å². The molecular weight excluding hydrogens is 418 g/mol. The molecule has 1 aromatic carbocycles. The highest BCUT2D eigenvalue weighted by atomic mass is 32.2. The lowest BCUT2D eigenvalue weighted by Gasteiger charge is -2.20. The summed E-state index contributed by atoms with van der Waals surface area (Å²) in [6.07, 6.45) is 0. The lowest BCUT2D eigenvalue weighted by atomic mass is 10.1. The van der Waals surface area contributed by atoms with Crippen LogP contribution in [0.5, 0.6) is 5.75 Å². The molecule has 3 aromatic rings. The highest BCUT2D eigenvalue weighted by molar-refractivity contribution is 7.91. The van der Waals surface area contributed by atoms with Crippen molar-refractivity contribution in [3.8, 4) is 5.75 Å². The Balaban J connectivity index is 1.78. The second kappa shape index (κ2) is 8.56. The molecule has 1 amide bonds. The van der Waals surface area contributed by atoms with E-state index >= 15 is 0 Å². The summed E-state index contributed by atoms with van der Waals surface area (Å²) in [7, 11) is -3.76. The van der Waals surface area contributed by atoms with Crippen LogP contribution in [-0.4, -0.2) is 32.0 Å². The van der Waals surface area contributed by atoms with Crippen molar-refractivity contribution in [1.82, 2.24) is 9.71 Å². The van der Waals surface area contributed by atoms with Crippen molar-refractivity contribution < 1.29 is 17.9 Å². The predicted molar refractivity (Wildman–Crippen MR) is 113 cm³/mol. The molecule has 0 aliphatic heterocycles. The summed E-state index contributed by atoms with van der Waals surface area (Å²) in [4.78, 5) is 17.2. The average Bonchev–Trinajstić information content (AvgIpc) is 3.29. The van der Waals surface area contributed by atoms with Gasteiger partial charge in [0.2, 0.25) is 5.91 Å². The van der Waals surface area contributed by atoms with Gasteiger partial charge in [-0.15, -0.1) is 11.3 Å². The van der Waals surface area contributed by atoms with Gasteiger partial charge in [-0.3, -0.25) is 4.79 Å². The quantitative estimate of drug-likeness (QED) is 0.558. The van der Waals surface area contributed by atoms with Crippen molar-refractivity contribution in [3.63, 3.8) is 0 Å². The van der Waals surface area contributed by atoms with E-state index < -0.39 is 22.0 Å². The molecule has 0 aliphatic rings. The van der Waals surface area contributed by atoms with E-state index in [1.54, 1.807) is 25.3 Å². The fourth-order valence-electron chi connectivity index (χ4n) is 2.53. The fraction of sp³-hybridized carbons (Fsp3) is 0.333. The molecule has 0 bridgehead atoms. The van der Waals surface area contributed by atoms with Crippen molar-refractivity contribution in [3.05, 3.63) is 35.7 Å². The van der Waals surface area contributed by atoms with Crippen molar-refractivity contribution in [2.24, 2.45) is 5.92 Å². The van der Waals surface area contributed by atoms with Crippen LogP contribution >= 0.6 is 22.7 Å². The first kappa shape index (κ1) is 20.7. The zero-order chi connectivity index (χ0) is 20.3. The van der Waals surface area contributed by atoms with Gasteiger partial charge in [0.15, 0.2) is 5.13 Å². The molecule has 2 heterocycles. The van der Waals surface area contributed by atoms with Crippen LogP contribution in [0.25, 0.3) is 10.2 Å². The number of sulfonamides is 1. The number of nitrogens with zero attached hydrogens (tertiary/aromatic N) is 1. The zero-order valence-corrected chi connectivity index (χ0v) is 18.1. The summed E-state index contributed by atoms with van der Waals surface area (Å²) in [5.41, 5.74) is 0.740. The maximum absolute atomic E-state index is 12.8. The van der Waals surface area contributed by atoms with E-state index in [-0.39, 0.29) is 10.1 Å². The van der Waals surface area contributed by atoms with Gasteiger partial charge in [-0.05, 0) is 42.5 Å². The van der Waals surface area contributed by atoms with Crippen molar-refractivity contribution in [2.45, 2.75) is 31.0 Å². The number of benzene rings is 1. The van der Waals surface area contributed by atoms with Crippen LogP contribution in [0.1, 0.15) is 20.8 Å². The molecule has 150 valence electrons. The second-order valence-corrected chi connectivity index (χ2v) is 10.3. The van der Waals surface area contributed by atoms with Gasteiger partial charge in [-0.25, -0.2) is 13.4 Å². The maximum Gasteiger partial charge on any atom is 0.250 e. The molecule has 10 heteroatoms. The number of nitrogens with one attached hydrogen (secondary N) is 2. The molecular formula is C18H21N3O4S3. The number of rotatable bonds is 8. The first-order valence-electron chi connectivity index (χ1n) is 8.70. The molecule has 2 N–H and O–H groups in total. The number of anilines is 1. The number of thiophene rings is 1. The molecule has 0 unspecified atom stereocenters. The van der Waals surface area contributed by atoms with E-state index in [1.165, 1.54) is 17.4 Å². The van der Waals surface area contributed by atoms with Crippen LogP contribution in [0, 0.1) is 5.92 Å². The fourth-order valence-corrected chi connectivity index (χ4v) is 5.78. The van der Waals surface area contributed by atoms with Crippen molar-refractivity contribution in [2.75, 3.05) is 11.9 Å². The number of fused-ring (bicyclic) bond motifs is 1. The van der Waals surface area contributed by atoms with Gasteiger partial charge in [0, 0.05) is 0 Å². The number of amides is 1. The van der Waals surface area contributed by atoms with E-state index in [0.29, 0.717) is 11.7 Å². The average molecular weight is 440 g/mol. The van der Waals surface area contributed by atoms with Gasteiger partial charge < -0.3 is 10.1 Å². The monoisotopic (exact) mass is 439 g/mol. The van der Waals surface area contributed by atoms with Gasteiger partial charge in [0.25, 0.3) is 10.0 Å². The molecule has 3 rings (SSSR count). The van der Waals surface area contributed by atoms with E-state index in [4.69, 9.17) is 4.74 Å². The Kier molecular flexibility index (Phi) is 6.33. The van der Waals surface area contributed by atoms with E-state index in [2.05, 4.69) is 15.0 Å². The Labute approximate surface area is 171 Å². The number of hydrogen-bond acceptors (Lipinski definition) is 7. The molecule has 0 saturated heterocycles. The van der Waals surface area contributed by atoms with Gasteiger partial charge in [-0.1, -0.05) is 31.3 Å². The SMILES string of the molecule is CCOc1ccc2nc(NC(=O)[C@H](NS(=O)(=O)c3cccs3)C(C)C)sc2c1. The minimum Gasteiger partial charge on any atom is -0.494 e. The van der Waals surface area contributed by atoms with Crippen LogP contribution in [0.4, 0.5) is 5.13 Å². The normalized spacial score (nSPS) is 13.0. The van der Waals surface area contributed by atoms with Crippen LogP contribution in [-0.2, 0) is 14.8 Å². The van der Waals surface area contributed by atoms with Gasteiger partial charge in [0.05, 0.1) is 16.8 Å². The minimum absolute atomic E-state index is 0.175. The van der Waals surface area contributed by atoms with Gasteiger partial charge in [0.1, 0.15) is 16.0 Å². The lowest BCUT2D eigenvalue weighted by molar-refractivity contribution is -0.118. The highest BCUT2D eigenvalue weighted by Crippen LogP contribution is 2.29. The minimum atomic E-state index is -3.76. The largest absolute Gasteiger partial charge is 0.494 e. The number of carbonyl (C=O) groups excluding carboxylic acids is 1. The summed E-state index contributed by atoms with van der Waals surface area (Å²) in [6, 6.07) is 7.76. The first-order chi connectivity index (χ1) is 13.3. The first-order valence-corrected chi connectivity index (χ1v) is 11.9. The molecule has 0 spiro atoms. The number of ether oxygens (including phenoxy) is 1. The van der Waals surface area contributed by atoms with Crippen LogP contribution < -0.4 is 14.8 Å². The molecule has 1 atom stereocenters. The van der Waals surface area contributed by atoms with E-state index in [1.807, 2.05) is 25.1 Å². The number of aromatic nitrogens is 1. The lowest BCUT2D eigenvalue weighted by Crippen LogP contribution is -2.46. The summed E-state index contributed by atoms with van der Waals surface area (Å²) in [5.74, 6) is 0.0492. The second-order valence-electron chi connectivity index (χ2n) is 6.35. The maximum atomic E-state index is 12.8. The standard InChI is InChI=1S/C18H21N3O4S3/c1-4-25-12-7-8-13-14(10-12)27-18(19-13)20-17(22)16(11(2)3)21-28(23,24)15-6-5-9-26-15/h5-11,16,21H,4H2,1-3H3,(H,19,20,22)/t16-/m1/s1. The van der Waals surface area contributed by atoms with Crippen LogP contribution in [0.3, 0.4) is 0 Å². The van der Waals surface area contributed by atoms with Crippen molar-refractivity contribution >= 4 is 54.0 Å². The van der Waals surface area contributed by atoms with E-state index in [9.17, 15) is 13.2 Å². The Hall–Kier alpha value is -2.01. The Morgan fingerprint density at radius 3 is 2.71 bits per heavy atom. The Bertz CT molecular complexity index is 1060. The van der Waals surface area contributed by atoms with Gasteiger partial charge in [-0.2, -0.15) is 4.72 Å².